The highest BCUT2D eigenvalue weighted by Crippen LogP contribution is 2.22. The summed E-state index contributed by atoms with van der Waals surface area (Å²) in [6.07, 6.45) is 2.73. The van der Waals surface area contributed by atoms with Crippen LogP contribution in [0.15, 0.2) is 55.3 Å². The summed E-state index contributed by atoms with van der Waals surface area (Å²) in [6.45, 7) is 3.78. The number of carbonyl (C=O) groups excluding carboxylic acids is 2. The zero-order chi connectivity index (χ0) is 16.7. The number of hydrogen-bond donors (Lipinski definition) is 2. The van der Waals surface area contributed by atoms with Gasteiger partial charge in [-0.3, -0.25) is 14.6 Å². The van der Waals surface area contributed by atoms with Crippen molar-refractivity contribution in [1.29, 1.82) is 0 Å². The number of carbonyl (C=O) groups is 2. The van der Waals surface area contributed by atoms with Gasteiger partial charge in [0.25, 0.3) is 5.91 Å². The molecule has 0 aliphatic heterocycles. The summed E-state index contributed by atoms with van der Waals surface area (Å²) in [6, 6.07) is 10.5. The van der Waals surface area contributed by atoms with Crippen molar-refractivity contribution in [2.75, 3.05) is 7.05 Å². The average Bonchev–Trinajstić information content (AvgIpc) is 2.59. The lowest BCUT2D eigenvalue weighted by Crippen LogP contribution is -2.19. The number of rotatable bonds is 6. The Morgan fingerprint density at radius 2 is 2.04 bits per heavy atom. The fourth-order valence-corrected chi connectivity index (χ4v) is 1.84. The van der Waals surface area contributed by atoms with Gasteiger partial charge in [-0.15, -0.1) is 0 Å². The molecule has 0 unspecified atom stereocenters. The summed E-state index contributed by atoms with van der Waals surface area (Å²) in [5.41, 5.74) is 1.16. The van der Waals surface area contributed by atoms with E-state index in [0.717, 1.165) is 5.56 Å². The molecule has 1 aromatic carbocycles. The number of nitrogens with one attached hydrogen (secondary N) is 2. The van der Waals surface area contributed by atoms with E-state index in [2.05, 4.69) is 22.2 Å². The molecular weight excluding hydrogens is 294 g/mol. The van der Waals surface area contributed by atoms with Crippen molar-refractivity contribution in [2.45, 2.75) is 6.54 Å². The zero-order valence-corrected chi connectivity index (χ0v) is 12.7. The highest BCUT2D eigenvalue weighted by Gasteiger charge is 2.07. The minimum atomic E-state index is -0.281. The Kier molecular flexibility index (Phi) is 5.46. The van der Waals surface area contributed by atoms with Crippen molar-refractivity contribution in [2.24, 2.45) is 0 Å². The van der Waals surface area contributed by atoms with E-state index in [1.54, 1.807) is 25.2 Å². The number of ether oxygens (including phenoxy) is 1. The highest BCUT2D eigenvalue weighted by molar-refractivity contribution is 5.92. The molecule has 118 valence electrons. The van der Waals surface area contributed by atoms with Crippen molar-refractivity contribution in [3.63, 3.8) is 0 Å². The number of hydrogen-bond acceptors (Lipinski definition) is 4. The average molecular weight is 311 g/mol. The van der Waals surface area contributed by atoms with E-state index in [0.29, 0.717) is 18.0 Å². The first-order valence-electron chi connectivity index (χ1n) is 6.97. The first kappa shape index (κ1) is 16.2. The zero-order valence-electron chi connectivity index (χ0n) is 12.7. The van der Waals surface area contributed by atoms with E-state index in [1.165, 1.54) is 12.3 Å². The van der Waals surface area contributed by atoms with Crippen LogP contribution in [-0.2, 0) is 11.3 Å². The number of amides is 2. The summed E-state index contributed by atoms with van der Waals surface area (Å²) < 4.78 is 5.73. The van der Waals surface area contributed by atoms with Crippen LogP contribution in [0.3, 0.4) is 0 Å². The van der Waals surface area contributed by atoms with E-state index < -0.39 is 0 Å². The number of pyridine rings is 1. The van der Waals surface area contributed by atoms with Gasteiger partial charge in [-0.05, 0) is 29.8 Å². The maximum Gasteiger partial charge on any atom is 0.269 e. The molecule has 1 heterocycles. The van der Waals surface area contributed by atoms with E-state index in [4.69, 9.17) is 4.74 Å². The number of aromatic nitrogens is 1. The minimum absolute atomic E-state index is 0.235. The van der Waals surface area contributed by atoms with Crippen LogP contribution in [-0.4, -0.2) is 23.8 Å². The Bertz CT molecular complexity index is 729. The number of benzene rings is 1. The van der Waals surface area contributed by atoms with Gasteiger partial charge in [0.1, 0.15) is 17.2 Å². The summed E-state index contributed by atoms with van der Waals surface area (Å²) in [5, 5.41) is 5.20. The predicted octanol–water partition coefficient (Wildman–Crippen LogP) is 2.04. The third kappa shape index (κ3) is 4.67. The van der Waals surface area contributed by atoms with Gasteiger partial charge in [-0.25, -0.2) is 0 Å². The third-order valence-corrected chi connectivity index (χ3v) is 2.98. The van der Waals surface area contributed by atoms with Crippen molar-refractivity contribution in [3.05, 3.63) is 66.5 Å². The van der Waals surface area contributed by atoms with Crippen LogP contribution < -0.4 is 15.4 Å². The Balaban J connectivity index is 2.09. The van der Waals surface area contributed by atoms with Crippen LogP contribution in [0.2, 0.25) is 0 Å². The van der Waals surface area contributed by atoms with E-state index in [9.17, 15) is 9.59 Å². The molecule has 2 rings (SSSR count). The fourth-order valence-electron chi connectivity index (χ4n) is 1.84. The molecule has 0 aliphatic carbocycles. The lowest BCUT2D eigenvalue weighted by atomic mass is 10.2. The maximum atomic E-state index is 11.6. The quantitative estimate of drug-likeness (QED) is 0.800. The topological polar surface area (TPSA) is 80.3 Å². The molecule has 23 heavy (non-hydrogen) atoms. The smallest absolute Gasteiger partial charge is 0.269 e. The fraction of sp³-hybridized carbons (Fsp3) is 0.118. The first-order valence-corrected chi connectivity index (χ1v) is 6.97. The maximum absolute atomic E-state index is 11.6. The summed E-state index contributed by atoms with van der Waals surface area (Å²) in [4.78, 5) is 26.7. The standard InChI is InChI=1S/C17H17N3O3/c1-3-16(21)20-11-12-5-4-6-13(9-12)23-14-7-8-19-15(10-14)17(22)18-2/h3-10H,1,11H2,2H3,(H,18,22)(H,20,21). The molecule has 0 saturated carbocycles. The van der Waals surface area contributed by atoms with Gasteiger partial charge in [-0.1, -0.05) is 18.7 Å². The van der Waals surface area contributed by atoms with Crippen LogP contribution in [0.5, 0.6) is 11.5 Å². The number of nitrogens with zero attached hydrogens (tertiary/aromatic N) is 1. The molecule has 2 N–H and O–H groups in total. The predicted molar refractivity (Wildman–Crippen MR) is 86.2 cm³/mol. The first-order chi connectivity index (χ1) is 11.1. The lowest BCUT2D eigenvalue weighted by Gasteiger charge is -2.09. The van der Waals surface area contributed by atoms with E-state index in [1.807, 2.05) is 18.2 Å². The van der Waals surface area contributed by atoms with Gasteiger partial charge >= 0.3 is 0 Å². The molecule has 0 fully saturated rings. The van der Waals surface area contributed by atoms with Gasteiger partial charge in [0.05, 0.1) is 0 Å². The molecule has 2 aromatic rings. The van der Waals surface area contributed by atoms with Gasteiger partial charge in [0, 0.05) is 25.9 Å². The van der Waals surface area contributed by atoms with Crippen LogP contribution in [0.4, 0.5) is 0 Å². The molecular formula is C17H17N3O3. The molecule has 6 nitrogen and oxygen atoms in total. The third-order valence-electron chi connectivity index (χ3n) is 2.98. The SMILES string of the molecule is C=CC(=O)NCc1cccc(Oc2ccnc(C(=O)NC)c2)c1. The normalized spacial score (nSPS) is 9.78. The van der Waals surface area contributed by atoms with Gasteiger partial charge in [-0.2, -0.15) is 0 Å². The summed E-state index contributed by atoms with van der Waals surface area (Å²) >= 11 is 0. The Morgan fingerprint density at radius 1 is 1.26 bits per heavy atom. The van der Waals surface area contributed by atoms with Crippen LogP contribution >= 0.6 is 0 Å². The van der Waals surface area contributed by atoms with E-state index in [-0.39, 0.29) is 17.5 Å². The molecule has 6 heteroatoms. The van der Waals surface area contributed by atoms with Crippen molar-refractivity contribution < 1.29 is 14.3 Å². The van der Waals surface area contributed by atoms with Crippen LogP contribution in [0.1, 0.15) is 16.1 Å². The lowest BCUT2D eigenvalue weighted by molar-refractivity contribution is -0.116. The Labute approximate surface area is 134 Å². The highest BCUT2D eigenvalue weighted by atomic mass is 16.5. The van der Waals surface area contributed by atoms with Crippen LogP contribution in [0.25, 0.3) is 0 Å². The molecule has 0 atom stereocenters. The van der Waals surface area contributed by atoms with E-state index >= 15 is 0 Å². The molecule has 0 radical (unpaired) electrons. The second kappa shape index (κ2) is 7.74. The second-order valence-electron chi connectivity index (χ2n) is 4.63. The molecule has 1 aromatic heterocycles. The molecule has 0 spiro atoms. The van der Waals surface area contributed by atoms with Gasteiger partial charge in [0.2, 0.25) is 5.91 Å². The monoisotopic (exact) mass is 311 g/mol. The van der Waals surface area contributed by atoms with Crippen molar-refractivity contribution in [3.8, 4) is 11.5 Å². The summed E-state index contributed by atoms with van der Waals surface area (Å²) in [5.74, 6) is 0.590. The van der Waals surface area contributed by atoms with Gasteiger partial charge in [0.15, 0.2) is 0 Å². The largest absolute Gasteiger partial charge is 0.457 e. The molecule has 0 saturated heterocycles. The minimum Gasteiger partial charge on any atom is -0.457 e. The van der Waals surface area contributed by atoms with Crippen molar-refractivity contribution >= 4 is 11.8 Å². The second-order valence-corrected chi connectivity index (χ2v) is 4.63. The summed E-state index contributed by atoms with van der Waals surface area (Å²) in [7, 11) is 1.54. The molecule has 0 aliphatic rings. The van der Waals surface area contributed by atoms with Crippen molar-refractivity contribution in [1.82, 2.24) is 15.6 Å². The van der Waals surface area contributed by atoms with Crippen LogP contribution in [0, 0.1) is 0 Å². The molecule has 0 bridgehead atoms. The van der Waals surface area contributed by atoms with Gasteiger partial charge < -0.3 is 15.4 Å². The molecule has 2 amide bonds. The Morgan fingerprint density at radius 3 is 2.78 bits per heavy atom. The Hall–Kier alpha value is -3.15.